The Bertz CT molecular complexity index is 294. The van der Waals surface area contributed by atoms with E-state index in [-0.39, 0.29) is 10.6 Å². The second-order valence-corrected chi connectivity index (χ2v) is 2.40. The van der Waals surface area contributed by atoms with Crippen molar-refractivity contribution in [2.45, 2.75) is 0 Å². The zero-order chi connectivity index (χ0) is 8.43. The van der Waals surface area contributed by atoms with Crippen molar-refractivity contribution in [1.29, 1.82) is 0 Å². The van der Waals surface area contributed by atoms with Gasteiger partial charge < -0.3 is 0 Å². The van der Waals surface area contributed by atoms with E-state index in [9.17, 15) is 8.78 Å². The number of hydrogen-bond donors (Lipinski definition) is 0. The Morgan fingerprint density at radius 2 is 1.91 bits per heavy atom. The largest absolute Gasteiger partial charge is 0.206 e. The van der Waals surface area contributed by atoms with Gasteiger partial charge in [0.25, 0.3) is 0 Å². The summed E-state index contributed by atoms with van der Waals surface area (Å²) in [6.45, 7) is 3.31. The Hall–Kier alpha value is -0.890. The van der Waals surface area contributed by atoms with E-state index in [2.05, 4.69) is 6.58 Å². The van der Waals surface area contributed by atoms with Crippen LogP contribution in [0.4, 0.5) is 8.78 Å². The molecule has 0 N–H and O–H groups in total. The fourth-order valence-corrected chi connectivity index (χ4v) is 0.845. The summed E-state index contributed by atoms with van der Waals surface area (Å²) in [7, 11) is 0. The molecule has 0 atom stereocenters. The quantitative estimate of drug-likeness (QED) is 0.574. The first-order valence-corrected chi connectivity index (χ1v) is 3.30. The molecule has 0 unspecified atom stereocenters. The maximum absolute atomic E-state index is 12.7. The molecule has 1 aromatic rings. The van der Waals surface area contributed by atoms with Crippen LogP contribution in [0.5, 0.6) is 0 Å². The van der Waals surface area contributed by atoms with Crippen LogP contribution in [0.25, 0.3) is 6.08 Å². The topological polar surface area (TPSA) is 0 Å². The Balaban J connectivity index is 3.31. The Morgan fingerprint density at radius 1 is 1.27 bits per heavy atom. The minimum atomic E-state index is -0.636. The molecule has 0 amide bonds. The third-order valence-electron chi connectivity index (χ3n) is 1.26. The van der Waals surface area contributed by atoms with Gasteiger partial charge in [0.05, 0.1) is 5.02 Å². The number of hydrogen-bond acceptors (Lipinski definition) is 0. The monoisotopic (exact) mass is 174 g/mol. The van der Waals surface area contributed by atoms with Gasteiger partial charge in [-0.15, -0.1) is 0 Å². The van der Waals surface area contributed by atoms with Crippen molar-refractivity contribution in [1.82, 2.24) is 0 Å². The van der Waals surface area contributed by atoms with Gasteiger partial charge in [-0.1, -0.05) is 24.3 Å². The Kier molecular flexibility index (Phi) is 2.25. The first kappa shape index (κ1) is 8.21. The smallest absolute Gasteiger partial charge is 0.142 e. The molecule has 1 aromatic carbocycles. The number of benzene rings is 1. The highest BCUT2D eigenvalue weighted by atomic mass is 35.5. The van der Waals surface area contributed by atoms with Crippen molar-refractivity contribution in [2.75, 3.05) is 0 Å². The summed E-state index contributed by atoms with van der Waals surface area (Å²) in [5.41, 5.74) is 0.118. The first-order chi connectivity index (χ1) is 5.15. The second kappa shape index (κ2) is 3.01. The molecule has 11 heavy (non-hydrogen) atoms. The molecule has 3 heteroatoms. The van der Waals surface area contributed by atoms with Crippen molar-refractivity contribution in [3.8, 4) is 0 Å². The maximum Gasteiger partial charge on any atom is 0.142 e. The van der Waals surface area contributed by atoms with E-state index in [1.54, 1.807) is 0 Å². The van der Waals surface area contributed by atoms with E-state index in [4.69, 9.17) is 11.6 Å². The standard InChI is InChI=1S/C8H5ClF2/c1-2-5-3-8(11)6(9)4-7(5)10/h2-4H,1H2. The van der Waals surface area contributed by atoms with Gasteiger partial charge in [-0.3, -0.25) is 0 Å². The zero-order valence-corrected chi connectivity index (χ0v) is 6.33. The molecule has 0 heterocycles. The molecule has 0 radical (unpaired) electrons. The van der Waals surface area contributed by atoms with E-state index in [0.717, 1.165) is 12.1 Å². The van der Waals surface area contributed by atoms with Gasteiger partial charge in [-0.25, -0.2) is 8.78 Å². The summed E-state index contributed by atoms with van der Waals surface area (Å²) < 4.78 is 25.3. The van der Waals surface area contributed by atoms with E-state index < -0.39 is 11.6 Å². The molecule has 0 spiro atoms. The predicted molar refractivity (Wildman–Crippen MR) is 41.5 cm³/mol. The van der Waals surface area contributed by atoms with Crippen LogP contribution in [0.15, 0.2) is 18.7 Å². The fraction of sp³-hybridized carbons (Fsp3) is 0. The molecular formula is C8H5ClF2. The van der Waals surface area contributed by atoms with Crippen LogP contribution in [0.3, 0.4) is 0 Å². The molecule has 0 bridgehead atoms. The van der Waals surface area contributed by atoms with Crippen LogP contribution in [-0.2, 0) is 0 Å². The highest BCUT2D eigenvalue weighted by Crippen LogP contribution is 2.19. The summed E-state index contributed by atoms with van der Waals surface area (Å²) in [6, 6.07) is 1.93. The van der Waals surface area contributed by atoms with E-state index >= 15 is 0 Å². The molecule has 0 saturated heterocycles. The van der Waals surface area contributed by atoms with E-state index in [1.807, 2.05) is 0 Å². The SMILES string of the molecule is C=Cc1cc(F)c(Cl)cc1F. The van der Waals surface area contributed by atoms with Crippen LogP contribution in [0.1, 0.15) is 5.56 Å². The van der Waals surface area contributed by atoms with Crippen LogP contribution in [0.2, 0.25) is 5.02 Å². The molecule has 0 aliphatic carbocycles. The lowest BCUT2D eigenvalue weighted by atomic mass is 10.2. The summed E-state index contributed by atoms with van der Waals surface area (Å²) in [4.78, 5) is 0. The average molecular weight is 175 g/mol. The third kappa shape index (κ3) is 1.57. The minimum absolute atomic E-state index is 0.118. The second-order valence-electron chi connectivity index (χ2n) is 1.99. The molecule has 0 aliphatic heterocycles. The summed E-state index contributed by atoms with van der Waals surface area (Å²) in [5.74, 6) is -1.20. The van der Waals surface area contributed by atoms with Gasteiger partial charge in [0, 0.05) is 5.56 Å². The van der Waals surface area contributed by atoms with Gasteiger partial charge in [-0.2, -0.15) is 0 Å². The van der Waals surface area contributed by atoms with E-state index in [0.29, 0.717) is 0 Å². The van der Waals surface area contributed by atoms with Crippen molar-refractivity contribution in [3.05, 3.63) is 40.9 Å². The van der Waals surface area contributed by atoms with Gasteiger partial charge in [0.1, 0.15) is 11.6 Å². The highest BCUT2D eigenvalue weighted by Gasteiger charge is 2.04. The van der Waals surface area contributed by atoms with Crippen LogP contribution < -0.4 is 0 Å². The highest BCUT2D eigenvalue weighted by molar-refractivity contribution is 6.30. The van der Waals surface area contributed by atoms with Gasteiger partial charge in [-0.05, 0) is 12.1 Å². The lowest BCUT2D eigenvalue weighted by Gasteiger charge is -1.97. The summed E-state index contributed by atoms with van der Waals surface area (Å²) in [6.07, 6.45) is 1.23. The third-order valence-corrected chi connectivity index (χ3v) is 1.55. The lowest BCUT2D eigenvalue weighted by Crippen LogP contribution is -1.85. The van der Waals surface area contributed by atoms with Gasteiger partial charge in [0.15, 0.2) is 0 Å². The predicted octanol–water partition coefficient (Wildman–Crippen LogP) is 3.26. The van der Waals surface area contributed by atoms with E-state index in [1.165, 1.54) is 6.08 Å². The van der Waals surface area contributed by atoms with Crippen molar-refractivity contribution < 1.29 is 8.78 Å². The van der Waals surface area contributed by atoms with Crippen molar-refractivity contribution in [2.24, 2.45) is 0 Å². The fourth-order valence-electron chi connectivity index (χ4n) is 0.694. The Morgan fingerprint density at radius 3 is 2.45 bits per heavy atom. The number of halogens is 3. The molecule has 0 aromatic heterocycles. The van der Waals surface area contributed by atoms with Crippen LogP contribution in [-0.4, -0.2) is 0 Å². The van der Waals surface area contributed by atoms with Gasteiger partial charge >= 0.3 is 0 Å². The molecule has 58 valence electrons. The van der Waals surface area contributed by atoms with Crippen molar-refractivity contribution >= 4 is 17.7 Å². The Labute approximate surface area is 68.1 Å². The normalized spacial score (nSPS) is 9.73. The summed E-state index contributed by atoms with van der Waals surface area (Å²) >= 11 is 5.29. The average Bonchev–Trinajstić information content (AvgIpc) is 1.97. The number of rotatable bonds is 1. The summed E-state index contributed by atoms with van der Waals surface area (Å²) in [5, 5.41) is -0.215. The molecule has 0 nitrogen and oxygen atoms in total. The lowest BCUT2D eigenvalue weighted by molar-refractivity contribution is 0.598. The van der Waals surface area contributed by atoms with Gasteiger partial charge in [0.2, 0.25) is 0 Å². The molecule has 0 saturated carbocycles. The zero-order valence-electron chi connectivity index (χ0n) is 5.57. The molecular weight excluding hydrogens is 170 g/mol. The minimum Gasteiger partial charge on any atom is -0.206 e. The van der Waals surface area contributed by atoms with Crippen molar-refractivity contribution in [3.63, 3.8) is 0 Å². The first-order valence-electron chi connectivity index (χ1n) is 2.92. The van der Waals surface area contributed by atoms with Crippen LogP contribution >= 0.6 is 11.6 Å². The molecule has 1 rings (SSSR count). The molecule has 0 aliphatic rings. The molecule has 0 fully saturated rings. The maximum atomic E-state index is 12.7. The van der Waals surface area contributed by atoms with Crippen LogP contribution in [0, 0.1) is 11.6 Å².